The van der Waals surface area contributed by atoms with Gasteiger partial charge in [0, 0.05) is 24.7 Å². The Hall–Kier alpha value is -1.33. The predicted molar refractivity (Wildman–Crippen MR) is 57.4 cm³/mol. The van der Waals surface area contributed by atoms with E-state index in [1.165, 1.54) is 0 Å². The normalized spacial score (nSPS) is 10.8. The van der Waals surface area contributed by atoms with Crippen LogP contribution in [0.1, 0.15) is 11.5 Å². The fourth-order valence-electron chi connectivity index (χ4n) is 1.33. The van der Waals surface area contributed by atoms with E-state index in [1.54, 1.807) is 12.4 Å². The summed E-state index contributed by atoms with van der Waals surface area (Å²) in [5, 5.41) is 0. The Balaban J connectivity index is 2.63. The molecule has 2 aromatic rings. The molecule has 0 aromatic carbocycles. The molecule has 2 N–H and O–H groups in total. The highest BCUT2D eigenvalue weighted by Gasteiger charge is 2.07. The minimum Gasteiger partial charge on any atom is -0.324 e. The van der Waals surface area contributed by atoms with Crippen molar-refractivity contribution in [1.82, 2.24) is 19.9 Å². The van der Waals surface area contributed by atoms with Crippen LogP contribution in [0.5, 0.6) is 0 Å². The lowest BCUT2D eigenvalue weighted by molar-refractivity contribution is 0.880. The van der Waals surface area contributed by atoms with E-state index >= 15 is 0 Å². The topological polar surface area (TPSA) is 77.6 Å². The van der Waals surface area contributed by atoms with Gasteiger partial charge in [-0.15, -0.1) is 11.6 Å². The van der Waals surface area contributed by atoms with Crippen molar-refractivity contribution in [2.75, 3.05) is 5.88 Å². The van der Waals surface area contributed by atoms with Crippen molar-refractivity contribution in [3.05, 3.63) is 23.9 Å². The molecule has 0 saturated carbocycles. The van der Waals surface area contributed by atoms with Gasteiger partial charge in [-0.2, -0.15) is 0 Å². The Morgan fingerprint density at radius 2 is 2.00 bits per heavy atom. The zero-order chi connectivity index (χ0) is 10.7. The molecule has 0 saturated heterocycles. The first-order valence-electron chi connectivity index (χ1n) is 4.57. The lowest BCUT2D eigenvalue weighted by Crippen LogP contribution is -2.08. The van der Waals surface area contributed by atoms with E-state index in [2.05, 4.69) is 19.9 Å². The van der Waals surface area contributed by atoms with Crippen LogP contribution in [0.3, 0.4) is 0 Å². The standard InChI is InChI=1S/C9H10ClN5/c10-2-1-6-8-9(13-4-3-12-8)15-7(5-11)14-6/h3-4H,1-2,5,11H2. The van der Waals surface area contributed by atoms with Crippen molar-refractivity contribution in [2.24, 2.45) is 5.73 Å². The van der Waals surface area contributed by atoms with Gasteiger partial charge in [-0.05, 0) is 0 Å². The molecule has 5 nitrogen and oxygen atoms in total. The van der Waals surface area contributed by atoms with Crippen molar-refractivity contribution in [2.45, 2.75) is 13.0 Å². The van der Waals surface area contributed by atoms with Crippen LogP contribution in [0.15, 0.2) is 12.4 Å². The van der Waals surface area contributed by atoms with Crippen LogP contribution >= 0.6 is 11.6 Å². The third kappa shape index (κ3) is 2.03. The largest absolute Gasteiger partial charge is 0.324 e. The van der Waals surface area contributed by atoms with Gasteiger partial charge in [0.05, 0.1) is 12.2 Å². The molecule has 0 aliphatic heterocycles. The summed E-state index contributed by atoms with van der Waals surface area (Å²) in [7, 11) is 0. The molecular formula is C9H10ClN5. The predicted octanol–water partition coefficient (Wildman–Crippen LogP) is 0.660. The Morgan fingerprint density at radius 3 is 2.73 bits per heavy atom. The number of aromatic nitrogens is 4. The van der Waals surface area contributed by atoms with Crippen LogP contribution in [0.2, 0.25) is 0 Å². The average Bonchev–Trinajstić information content (AvgIpc) is 2.29. The third-order valence-corrected chi connectivity index (χ3v) is 2.15. The first-order valence-corrected chi connectivity index (χ1v) is 5.11. The van der Waals surface area contributed by atoms with Crippen LogP contribution in [0.4, 0.5) is 0 Å². The smallest absolute Gasteiger partial charge is 0.181 e. The molecule has 0 atom stereocenters. The second-order valence-corrected chi connectivity index (χ2v) is 3.34. The molecule has 0 spiro atoms. The molecular weight excluding hydrogens is 214 g/mol. The van der Waals surface area contributed by atoms with Gasteiger partial charge in [0.2, 0.25) is 0 Å². The number of nitrogens with zero attached hydrogens (tertiary/aromatic N) is 4. The maximum Gasteiger partial charge on any atom is 0.181 e. The zero-order valence-electron chi connectivity index (χ0n) is 8.02. The highest BCUT2D eigenvalue weighted by atomic mass is 35.5. The summed E-state index contributed by atoms with van der Waals surface area (Å²) >= 11 is 5.69. The van der Waals surface area contributed by atoms with Gasteiger partial charge in [-0.1, -0.05) is 0 Å². The number of nitrogens with two attached hydrogens (primary N) is 1. The maximum absolute atomic E-state index is 5.69. The average molecular weight is 224 g/mol. The van der Waals surface area contributed by atoms with Gasteiger partial charge in [-0.25, -0.2) is 19.9 Å². The molecule has 0 radical (unpaired) electrons. The molecule has 78 valence electrons. The van der Waals surface area contributed by atoms with Crippen molar-refractivity contribution in [3.63, 3.8) is 0 Å². The maximum atomic E-state index is 5.69. The summed E-state index contributed by atoms with van der Waals surface area (Å²) in [6, 6.07) is 0. The van der Waals surface area contributed by atoms with Crippen molar-refractivity contribution < 1.29 is 0 Å². The molecule has 0 unspecified atom stereocenters. The summed E-state index contributed by atoms with van der Waals surface area (Å²) in [6.45, 7) is 0.293. The van der Waals surface area contributed by atoms with Crippen LogP contribution < -0.4 is 5.73 Å². The second kappa shape index (κ2) is 4.46. The van der Waals surface area contributed by atoms with E-state index in [0.717, 1.165) is 5.69 Å². The summed E-state index contributed by atoms with van der Waals surface area (Å²) in [6.07, 6.45) is 3.86. The van der Waals surface area contributed by atoms with E-state index in [1.807, 2.05) is 0 Å². The molecule has 0 bridgehead atoms. The number of alkyl halides is 1. The molecule has 2 aromatic heterocycles. The summed E-state index contributed by atoms with van der Waals surface area (Å²) in [4.78, 5) is 16.8. The first-order chi connectivity index (χ1) is 7.35. The first kappa shape index (κ1) is 10.2. The molecule has 0 fully saturated rings. The van der Waals surface area contributed by atoms with Crippen LogP contribution in [0, 0.1) is 0 Å². The molecule has 0 amide bonds. The molecule has 2 rings (SSSR count). The minimum absolute atomic E-state index is 0.293. The Bertz CT molecular complexity index is 473. The fourth-order valence-corrected chi connectivity index (χ4v) is 1.51. The van der Waals surface area contributed by atoms with E-state index in [-0.39, 0.29) is 0 Å². The van der Waals surface area contributed by atoms with E-state index < -0.39 is 0 Å². The zero-order valence-corrected chi connectivity index (χ0v) is 8.78. The number of aryl methyl sites for hydroxylation is 1. The van der Waals surface area contributed by atoms with Crippen molar-refractivity contribution in [3.8, 4) is 0 Å². The van der Waals surface area contributed by atoms with Gasteiger partial charge < -0.3 is 5.73 Å². The van der Waals surface area contributed by atoms with Gasteiger partial charge in [0.15, 0.2) is 5.65 Å². The molecule has 15 heavy (non-hydrogen) atoms. The molecule has 0 aliphatic carbocycles. The Labute approximate surface area is 91.7 Å². The van der Waals surface area contributed by atoms with E-state index in [4.69, 9.17) is 17.3 Å². The second-order valence-electron chi connectivity index (χ2n) is 2.96. The van der Waals surface area contributed by atoms with Crippen molar-refractivity contribution in [1.29, 1.82) is 0 Å². The van der Waals surface area contributed by atoms with E-state index in [0.29, 0.717) is 35.8 Å². The number of hydrogen-bond donors (Lipinski definition) is 1. The number of halogens is 1. The number of fused-ring (bicyclic) bond motifs is 1. The number of hydrogen-bond acceptors (Lipinski definition) is 5. The summed E-state index contributed by atoms with van der Waals surface area (Å²) < 4.78 is 0. The summed E-state index contributed by atoms with van der Waals surface area (Å²) in [5.74, 6) is 1.07. The van der Waals surface area contributed by atoms with Gasteiger partial charge in [-0.3, -0.25) is 0 Å². The molecule has 2 heterocycles. The lowest BCUT2D eigenvalue weighted by Gasteiger charge is -2.04. The van der Waals surface area contributed by atoms with Crippen LogP contribution in [-0.4, -0.2) is 25.8 Å². The van der Waals surface area contributed by atoms with Gasteiger partial charge >= 0.3 is 0 Å². The van der Waals surface area contributed by atoms with Gasteiger partial charge in [0.25, 0.3) is 0 Å². The Kier molecular flexibility index (Phi) is 3.03. The quantitative estimate of drug-likeness (QED) is 0.774. The highest BCUT2D eigenvalue weighted by molar-refractivity contribution is 6.18. The monoisotopic (exact) mass is 223 g/mol. The summed E-state index contributed by atoms with van der Waals surface area (Å²) in [5.41, 5.74) is 7.59. The van der Waals surface area contributed by atoms with Crippen LogP contribution in [0.25, 0.3) is 11.2 Å². The lowest BCUT2D eigenvalue weighted by atomic mass is 10.3. The van der Waals surface area contributed by atoms with E-state index in [9.17, 15) is 0 Å². The molecule has 0 aliphatic rings. The Morgan fingerprint density at radius 1 is 1.20 bits per heavy atom. The number of rotatable bonds is 3. The minimum atomic E-state index is 0.293. The third-order valence-electron chi connectivity index (χ3n) is 1.97. The highest BCUT2D eigenvalue weighted by Crippen LogP contribution is 2.11. The SMILES string of the molecule is NCc1nc(CCCl)c2nccnc2n1. The van der Waals surface area contributed by atoms with Gasteiger partial charge in [0.1, 0.15) is 11.3 Å². The van der Waals surface area contributed by atoms with Crippen LogP contribution in [-0.2, 0) is 13.0 Å². The fraction of sp³-hybridized carbons (Fsp3) is 0.333. The van der Waals surface area contributed by atoms with Crippen molar-refractivity contribution >= 4 is 22.8 Å². The molecule has 6 heteroatoms.